The number of para-hydroxylation sites is 1. The lowest BCUT2D eigenvalue weighted by Crippen LogP contribution is -2.37. The number of benzene rings is 1. The summed E-state index contributed by atoms with van der Waals surface area (Å²) in [4.78, 5) is 16.5. The monoisotopic (exact) mass is 572 g/mol. The summed E-state index contributed by atoms with van der Waals surface area (Å²) in [5.41, 5.74) is 4.88. The van der Waals surface area contributed by atoms with Crippen molar-refractivity contribution < 1.29 is 33.0 Å². The number of hydrogen-bond acceptors (Lipinski definition) is 11. The van der Waals surface area contributed by atoms with Crippen LogP contribution in [0.25, 0.3) is 5.52 Å². The SMILES string of the molecule is C[C@H](NP(=O)(OC[C@H]1O[C@@](C#N)(c2ccc3c(N)ncnn23)C[C@@H]1O)Oc1ccccc1)C(=O)OCC(C)(C)C. The van der Waals surface area contributed by atoms with Crippen LogP contribution in [-0.2, 0) is 29.0 Å². The molecule has 4 N–H and O–H groups in total. The van der Waals surface area contributed by atoms with Gasteiger partial charge in [-0.25, -0.2) is 14.1 Å². The molecule has 14 heteroatoms. The second-order valence-corrected chi connectivity index (χ2v) is 12.4. The van der Waals surface area contributed by atoms with Gasteiger partial charge in [0, 0.05) is 6.42 Å². The van der Waals surface area contributed by atoms with Gasteiger partial charge in [0.1, 0.15) is 35.8 Å². The average Bonchev–Trinajstić information content (AvgIpc) is 3.48. The van der Waals surface area contributed by atoms with Crippen LogP contribution in [-0.4, -0.2) is 57.1 Å². The molecule has 3 heterocycles. The van der Waals surface area contributed by atoms with E-state index in [1.807, 2.05) is 20.8 Å². The van der Waals surface area contributed by atoms with E-state index in [1.54, 1.807) is 42.5 Å². The van der Waals surface area contributed by atoms with Crippen molar-refractivity contribution in [3.05, 3.63) is 54.5 Å². The van der Waals surface area contributed by atoms with Gasteiger partial charge in [0.05, 0.1) is 25.0 Å². The van der Waals surface area contributed by atoms with Gasteiger partial charge in [0.2, 0.25) is 0 Å². The first-order valence-corrected chi connectivity index (χ1v) is 14.2. The number of nitriles is 1. The largest absolute Gasteiger partial charge is 0.464 e. The fourth-order valence-corrected chi connectivity index (χ4v) is 5.60. The molecule has 1 saturated heterocycles. The van der Waals surface area contributed by atoms with Crippen molar-refractivity contribution in [2.45, 2.75) is 58.0 Å². The van der Waals surface area contributed by atoms with E-state index in [4.69, 9.17) is 24.3 Å². The van der Waals surface area contributed by atoms with Crippen molar-refractivity contribution in [2.75, 3.05) is 18.9 Å². The lowest BCUT2D eigenvalue weighted by molar-refractivity contribution is -0.148. The van der Waals surface area contributed by atoms with Crippen molar-refractivity contribution in [1.29, 1.82) is 5.26 Å². The molecule has 3 aromatic rings. The summed E-state index contributed by atoms with van der Waals surface area (Å²) in [7, 11) is -4.22. The van der Waals surface area contributed by atoms with Crippen molar-refractivity contribution in [2.24, 2.45) is 5.41 Å². The number of aliphatic hydroxyl groups is 1. The highest BCUT2D eigenvalue weighted by atomic mass is 31.2. The Hall–Kier alpha value is -3.53. The molecule has 0 amide bonds. The van der Waals surface area contributed by atoms with Gasteiger partial charge >= 0.3 is 13.7 Å². The van der Waals surface area contributed by atoms with Gasteiger partial charge in [-0.15, -0.1) is 0 Å². The van der Waals surface area contributed by atoms with Gasteiger partial charge in [-0.2, -0.15) is 15.4 Å². The molecule has 1 aliphatic heterocycles. The standard InChI is InChI=1S/C26H33N6O7P/c1-17(24(34)36-15-25(2,3)4)31-40(35,39-18-8-6-5-7-9-18)37-13-21-20(33)12-26(14-27,38-21)22-11-10-19-23(28)29-16-30-32(19)22/h5-11,16-17,20-21,33H,12-13,15H2,1-4H3,(H,31,35)(H2,28,29,30)/t17-,20-,21+,26-,40?/m0/s1. The zero-order chi connectivity index (χ0) is 29.1. The van der Waals surface area contributed by atoms with Gasteiger partial charge in [-0.05, 0) is 36.6 Å². The number of aromatic nitrogens is 3. The Morgan fingerprint density at radius 1 is 1.35 bits per heavy atom. The van der Waals surface area contributed by atoms with Crippen LogP contribution in [0.15, 0.2) is 48.8 Å². The number of rotatable bonds is 10. The molecule has 0 radical (unpaired) electrons. The highest BCUT2D eigenvalue weighted by Gasteiger charge is 2.50. The molecule has 1 aliphatic rings. The van der Waals surface area contributed by atoms with E-state index in [0.717, 1.165) is 0 Å². The van der Waals surface area contributed by atoms with E-state index in [-0.39, 0.29) is 30.0 Å². The second-order valence-electron chi connectivity index (χ2n) is 10.7. The highest BCUT2D eigenvalue weighted by Crippen LogP contribution is 2.47. The third kappa shape index (κ3) is 6.60. The van der Waals surface area contributed by atoms with E-state index in [1.165, 1.54) is 17.8 Å². The Morgan fingerprint density at radius 2 is 2.08 bits per heavy atom. The van der Waals surface area contributed by atoms with Crippen LogP contribution in [0.2, 0.25) is 0 Å². The summed E-state index contributed by atoms with van der Waals surface area (Å²) in [5.74, 6) is -0.199. The molecule has 0 spiro atoms. The topological polar surface area (TPSA) is 183 Å². The minimum atomic E-state index is -4.22. The summed E-state index contributed by atoms with van der Waals surface area (Å²) < 4.78 is 38.0. The number of fused-ring (bicyclic) bond motifs is 1. The molecule has 214 valence electrons. The van der Waals surface area contributed by atoms with E-state index in [9.17, 15) is 19.7 Å². The molecular weight excluding hydrogens is 539 g/mol. The maximum absolute atomic E-state index is 13.8. The molecular formula is C26H33N6O7P. The summed E-state index contributed by atoms with van der Waals surface area (Å²) in [6.07, 6.45) is -1.09. The number of nitrogen functional groups attached to an aromatic ring is 1. The third-order valence-electron chi connectivity index (χ3n) is 6.08. The van der Waals surface area contributed by atoms with Gasteiger partial charge in [-0.1, -0.05) is 39.0 Å². The number of carbonyl (C=O) groups is 1. The number of anilines is 1. The van der Waals surface area contributed by atoms with Crippen LogP contribution in [0.3, 0.4) is 0 Å². The number of aliphatic hydroxyl groups excluding tert-OH is 1. The second kappa shape index (κ2) is 11.5. The Balaban J connectivity index is 1.51. The number of nitrogens with one attached hydrogen (secondary N) is 1. The fourth-order valence-electron chi connectivity index (χ4n) is 4.09. The average molecular weight is 573 g/mol. The highest BCUT2D eigenvalue weighted by molar-refractivity contribution is 7.52. The minimum absolute atomic E-state index is 0.111. The zero-order valence-corrected chi connectivity index (χ0v) is 23.6. The number of esters is 1. The van der Waals surface area contributed by atoms with E-state index >= 15 is 0 Å². The zero-order valence-electron chi connectivity index (χ0n) is 22.7. The van der Waals surface area contributed by atoms with Crippen LogP contribution in [0.1, 0.15) is 39.8 Å². The van der Waals surface area contributed by atoms with Gasteiger partial charge in [0.15, 0.2) is 11.4 Å². The molecule has 40 heavy (non-hydrogen) atoms. The first-order valence-electron chi connectivity index (χ1n) is 12.6. The Morgan fingerprint density at radius 3 is 2.75 bits per heavy atom. The number of nitrogens with two attached hydrogens (primary N) is 1. The van der Waals surface area contributed by atoms with Crippen LogP contribution in [0.4, 0.5) is 5.82 Å². The molecule has 13 nitrogen and oxygen atoms in total. The van der Waals surface area contributed by atoms with Crippen LogP contribution >= 0.6 is 7.75 Å². The van der Waals surface area contributed by atoms with E-state index < -0.39 is 44.2 Å². The predicted octanol–water partition coefficient (Wildman–Crippen LogP) is 2.95. The molecule has 0 aliphatic carbocycles. The minimum Gasteiger partial charge on any atom is -0.464 e. The molecule has 4 rings (SSSR count). The van der Waals surface area contributed by atoms with E-state index in [0.29, 0.717) is 11.2 Å². The summed E-state index contributed by atoms with van der Waals surface area (Å²) in [6, 6.07) is 12.6. The van der Waals surface area contributed by atoms with Gasteiger partial charge in [0.25, 0.3) is 0 Å². The van der Waals surface area contributed by atoms with Crippen molar-refractivity contribution >= 4 is 25.1 Å². The fraction of sp³-hybridized carbons (Fsp3) is 0.462. The smallest absolute Gasteiger partial charge is 0.459 e. The molecule has 1 aromatic carbocycles. The molecule has 0 saturated carbocycles. The normalized spacial score (nSPS) is 23.3. The summed E-state index contributed by atoms with van der Waals surface area (Å²) in [5, 5.41) is 27.7. The van der Waals surface area contributed by atoms with E-state index in [2.05, 4.69) is 21.2 Å². The quantitative estimate of drug-likeness (QED) is 0.239. The lowest BCUT2D eigenvalue weighted by atomic mass is 9.96. The van der Waals surface area contributed by atoms with Crippen molar-refractivity contribution in [3.8, 4) is 11.8 Å². The van der Waals surface area contributed by atoms with Gasteiger partial charge < -0.3 is 24.8 Å². The maximum Gasteiger partial charge on any atom is 0.459 e. The summed E-state index contributed by atoms with van der Waals surface area (Å²) in [6.45, 7) is 6.95. The first-order chi connectivity index (χ1) is 18.8. The van der Waals surface area contributed by atoms with Crippen molar-refractivity contribution in [3.63, 3.8) is 0 Å². The molecule has 2 aromatic heterocycles. The first kappa shape index (κ1) is 29.5. The summed E-state index contributed by atoms with van der Waals surface area (Å²) >= 11 is 0. The third-order valence-corrected chi connectivity index (χ3v) is 7.73. The molecule has 1 fully saturated rings. The van der Waals surface area contributed by atoms with Crippen LogP contribution in [0, 0.1) is 16.7 Å². The van der Waals surface area contributed by atoms with Crippen molar-refractivity contribution in [1.82, 2.24) is 19.7 Å². The Bertz CT molecular complexity index is 1440. The lowest BCUT2D eigenvalue weighted by Gasteiger charge is -2.26. The number of carbonyl (C=O) groups excluding carboxylic acids is 1. The predicted molar refractivity (Wildman–Crippen MR) is 144 cm³/mol. The van der Waals surface area contributed by atoms with Crippen LogP contribution < -0.4 is 15.3 Å². The number of ether oxygens (including phenoxy) is 2. The number of nitrogens with zero attached hydrogens (tertiary/aromatic N) is 4. The molecule has 0 bridgehead atoms. The molecule has 5 atom stereocenters. The molecule has 1 unspecified atom stereocenters. The Kier molecular flexibility index (Phi) is 8.49. The Labute approximate surface area is 231 Å². The maximum atomic E-state index is 13.8. The van der Waals surface area contributed by atoms with Gasteiger partial charge in [-0.3, -0.25) is 9.32 Å². The van der Waals surface area contributed by atoms with Crippen LogP contribution in [0.5, 0.6) is 5.75 Å². The number of hydrogen-bond donors (Lipinski definition) is 3.